The highest BCUT2D eigenvalue weighted by Gasteiger charge is 1.97. The van der Waals surface area contributed by atoms with Crippen LogP contribution >= 0.6 is 22.5 Å². The normalized spacial score (nSPS) is 9.90. The molecule has 0 aliphatic heterocycles. The van der Waals surface area contributed by atoms with Crippen molar-refractivity contribution in [3.05, 3.63) is 11.6 Å². The smallest absolute Gasteiger partial charge is 0.201 e. The van der Waals surface area contributed by atoms with E-state index >= 15 is 0 Å². The van der Waals surface area contributed by atoms with E-state index in [1.165, 1.54) is 10.8 Å². The minimum Gasteiger partial charge on any atom is -0.219 e. The molecule has 0 spiro atoms. The maximum Gasteiger partial charge on any atom is 0.201 e. The minimum atomic E-state index is 0.660. The largest absolute Gasteiger partial charge is 0.219 e. The van der Waals surface area contributed by atoms with Gasteiger partial charge in [0.2, 0.25) is 5.16 Å². The Hall–Kier alpha value is -0.290. The van der Waals surface area contributed by atoms with Crippen LogP contribution in [0.4, 0.5) is 0 Å². The van der Waals surface area contributed by atoms with Gasteiger partial charge in [-0.3, -0.25) is 0 Å². The zero-order valence-corrected chi connectivity index (χ0v) is 7.41. The van der Waals surface area contributed by atoms with Crippen molar-refractivity contribution >= 4 is 22.5 Å². The van der Waals surface area contributed by atoms with Gasteiger partial charge < -0.3 is 0 Å². The average molecular weight is 173 g/mol. The van der Waals surface area contributed by atoms with Crippen LogP contribution < -0.4 is 0 Å². The maximum absolute atomic E-state index is 4.02. The molecule has 0 unspecified atom stereocenters. The first kappa shape index (κ1) is 7.81. The van der Waals surface area contributed by atoms with Crippen LogP contribution in [0.25, 0.3) is 0 Å². The summed E-state index contributed by atoms with van der Waals surface area (Å²) in [7, 11) is 1.23. The van der Waals surface area contributed by atoms with E-state index in [4.69, 9.17) is 0 Å². The highest BCUT2D eigenvalue weighted by atomic mass is 33.1. The Morgan fingerprint density at radius 2 is 1.60 bits per heavy atom. The Balaban J connectivity index is 3.06. The zero-order valence-electron chi connectivity index (χ0n) is 5.70. The molecule has 1 aromatic rings. The summed E-state index contributed by atoms with van der Waals surface area (Å²) in [6, 6.07) is 0. The van der Waals surface area contributed by atoms with Crippen LogP contribution in [0, 0.1) is 13.8 Å². The first-order chi connectivity index (χ1) is 4.72. The molecular formula is C5H7N3S2. The third-order valence-corrected chi connectivity index (χ3v) is 1.76. The van der Waals surface area contributed by atoms with Crippen molar-refractivity contribution in [3.63, 3.8) is 0 Å². The van der Waals surface area contributed by atoms with Gasteiger partial charge in [-0.25, -0.2) is 15.0 Å². The number of aryl methyl sites for hydroxylation is 2. The predicted molar refractivity (Wildman–Crippen MR) is 44.1 cm³/mol. The molecule has 0 N–H and O–H groups in total. The lowest BCUT2D eigenvalue weighted by atomic mass is 10.6. The zero-order chi connectivity index (χ0) is 7.56. The van der Waals surface area contributed by atoms with Crippen molar-refractivity contribution in [3.8, 4) is 0 Å². The van der Waals surface area contributed by atoms with Crippen LogP contribution in [-0.4, -0.2) is 15.0 Å². The van der Waals surface area contributed by atoms with Crippen molar-refractivity contribution in [2.45, 2.75) is 19.0 Å². The first-order valence-electron chi connectivity index (χ1n) is 2.73. The summed E-state index contributed by atoms with van der Waals surface area (Å²) in [4.78, 5) is 12.0. The second kappa shape index (κ2) is 3.21. The van der Waals surface area contributed by atoms with Gasteiger partial charge in [0.05, 0.1) is 0 Å². The number of aromatic nitrogens is 3. The molecular weight excluding hydrogens is 166 g/mol. The second-order valence-electron chi connectivity index (χ2n) is 1.80. The third kappa shape index (κ3) is 1.85. The van der Waals surface area contributed by atoms with E-state index in [9.17, 15) is 0 Å². The summed E-state index contributed by atoms with van der Waals surface area (Å²) in [5.41, 5.74) is 0. The monoisotopic (exact) mass is 173 g/mol. The Bertz CT molecular complexity index is 218. The molecule has 1 rings (SSSR count). The fraction of sp³-hybridized carbons (Fsp3) is 0.400. The third-order valence-electron chi connectivity index (χ3n) is 0.920. The molecule has 0 saturated carbocycles. The summed E-state index contributed by atoms with van der Waals surface area (Å²) in [5, 5.41) is 0.660. The van der Waals surface area contributed by atoms with Crippen molar-refractivity contribution < 1.29 is 0 Å². The van der Waals surface area contributed by atoms with E-state index in [1.807, 2.05) is 13.8 Å². The van der Waals surface area contributed by atoms with Crippen LogP contribution in [-0.2, 0) is 0 Å². The van der Waals surface area contributed by atoms with Gasteiger partial charge in [-0.15, -0.1) is 11.7 Å². The van der Waals surface area contributed by atoms with Crippen LogP contribution in [0.3, 0.4) is 0 Å². The summed E-state index contributed by atoms with van der Waals surface area (Å²) < 4.78 is 0. The molecule has 1 heterocycles. The Morgan fingerprint density at radius 1 is 1.10 bits per heavy atom. The van der Waals surface area contributed by atoms with E-state index in [2.05, 4.69) is 26.6 Å². The summed E-state index contributed by atoms with van der Waals surface area (Å²) >= 11 is 3.97. The molecule has 0 saturated heterocycles. The second-order valence-corrected chi connectivity index (χ2v) is 2.90. The summed E-state index contributed by atoms with van der Waals surface area (Å²) in [5.74, 6) is 1.48. The van der Waals surface area contributed by atoms with Gasteiger partial charge in [0.15, 0.2) is 0 Å². The highest BCUT2D eigenvalue weighted by molar-refractivity contribution is 8.68. The first-order valence-corrected chi connectivity index (χ1v) is 4.60. The summed E-state index contributed by atoms with van der Waals surface area (Å²) in [6.45, 7) is 3.67. The maximum atomic E-state index is 4.02. The number of thiol groups is 1. The molecule has 0 amide bonds. The van der Waals surface area contributed by atoms with Crippen LogP contribution in [0.15, 0.2) is 5.16 Å². The molecule has 0 atom stereocenters. The van der Waals surface area contributed by atoms with Gasteiger partial charge in [-0.2, -0.15) is 0 Å². The number of nitrogens with zero attached hydrogens (tertiary/aromatic N) is 3. The molecule has 1 aromatic heterocycles. The lowest BCUT2D eigenvalue weighted by Crippen LogP contribution is -1.96. The van der Waals surface area contributed by atoms with Gasteiger partial charge >= 0.3 is 0 Å². The van der Waals surface area contributed by atoms with Crippen LogP contribution in [0.5, 0.6) is 0 Å². The molecule has 0 aromatic carbocycles. The van der Waals surface area contributed by atoms with Gasteiger partial charge in [0.25, 0.3) is 0 Å². The SMILES string of the molecule is Cc1nc(C)nc(SS)n1. The Labute approximate surface area is 68.5 Å². The van der Waals surface area contributed by atoms with E-state index in [1.54, 1.807) is 0 Å². The van der Waals surface area contributed by atoms with Crippen molar-refractivity contribution in [2.75, 3.05) is 0 Å². The van der Waals surface area contributed by atoms with Crippen molar-refractivity contribution in [1.29, 1.82) is 0 Å². The van der Waals surface area contributed by atoms with Gasteiger partial charge in [-0.05, 0) is 24.6 Å². The average Bonchev–Trinajstić information content (AvgIpc) is 1.85. The summed E-state index contributed by atoms with van der Waals surface area (Å²) in [6.07, 6.45) is 0. The Morgan fingerprint density at radius 3 is 2.00 bits per heavy atom. The minimum absolute atomic E-state index is 0.660. The van der Waals surface area contributed by atoms with Crippen LogP contribution in [0.2, 0.25) is 0 Å². The topological polar surface area (TPSA) is 38.7 Å². The molecule has 0 bridgehead atoms. The number of hydrogen-bond donors (Lipinski definition) is 1. The lowest BCUT2D eigenvalue weighted by molar-refractivity contribution is 0.822. The molecule has 10 heavy (non-hydrogen) atoms. The fourth-order valence-electron chi connectivity index (χ4n) is 0.627. The molecule has 3 nitrogen and oxygen atoms in total. The quantitative estimate of drug-likeness (QED) is 0.515. The van der Waals surface area contributed by atoms with Gasteiger partial charge in [0.1, 0.15) is 11.6 Å². The van der Waals surface area contributed by atoms with Gasteiger partial charge in [0, 0.05) is 0 Å². The molecule has 0 aliphatic carbocycles. The standard InChI is InChI=1S/C5H7N3S2/c1-3-6-4(2)8-5(7-3)10-9/h9H,1-2H3. The number of rotatable bonds is 1. The fourth-order valence-corrected chi connectivity index (χ4v) is 1.22. The predicted octanol–water partition coefficient (Wildman–Crippen LogP) is 1.43. The molecule has 0 fully saturated rings. The van der Waals surface area contributed by atoms with Gasteiger partial charge in [-0.1, -0.05) is 0 Å². The van der Waals surface area contributed by atoms with E-state index < -0.39 is 0 Å². The Kier molecular flexibility index (Phi) is 2.50. The molecule has 0 aliphatic rings. The molecule has 54 valence electrons. The molecule has 0 radical (unpaired) electrons. The van der Waals surface area contributed by atoms with E-state index in [0.717, 1.165) is 11.6 Å². The van der Waals surface area contributed by atoms with Crippen molar-refractivity contribution in [1.82, 2.24) is 15.0 Å². The van der Waals surface area contributed by atoms with E-state index in [-0.39, 0.29) is 0 Å². The molecule has 5 heteroatoms. The van der Waals surface area contributed by atoms with E-state index in [0.29, 0.717) is 5.16 Å². The van der Waals surface area contributed by atoms with Crippen LogP contribution in [0.1, 0.15) is 11.6 Å². The highest BCUT2D eigenvalue weighted by Crippen LogP contribution is 2.15. The lowest BCUT2D eigenvalue weighted by Gasteiger charge is -1.96. The van der Waals surface area contributed by atoms with Crippen molar-refractivity contribution in [2.24, 2.45) is 0 Å². The number of hydrogen-bond acceptors (Lipinski definition) is 5.